The van der Waals surface area contributed by atoms with Crippen LogP contribution in [0, 0.1) is 0 Å². The molecule has 1 amide bonds. The molecule has 0 spiro atoms. The first-order chi connectivity index (χ1) is 8.02. The first kappa shape index (κ1) is 13.2. The number of anilines is 1. The minimum Gasteiger partial charge on any atom is -0.369 e. The second-order valence-electron chi connectivity index (χ2n) is 4.02. The van der Waals surface area contributed by atoms with Gasteiger partial charge in [0, 0.05) is 32.0 Å². The van der Waals surface area contributed by atoms with E-state index in [0.29, 0.717) is 24.6 Å². The van der Waals surface area contributed by atoms with Crippen LogP contribution >= 0.6 is 0 Å². The Labute approximate surface area is 99.8 Å². The molecule has 0 atom stereocenters. The molecule has 1 aromatic heterocycles. The summed E-state index contributed by atoms with van der Waals surface area (Å²) in [6.45, 7) is 4.35. The maximum Gasteiger partial charge on any atom is 0.252 e. The average Bonchev–Trinajstić information content (AvgIpc) is 2.28. The Balaban J connectivity index is 2.65. The van der Waals surface area contributed by atoms with Gasteiger partial charge in [0.1, 0.15) is 11.6 Å². The van der Waals surface area contributed by atoms with Gasteiger partial charge >= 0.3 is 0 Å². The summed E-state index contributed by atoms with van der Waals surface area (Å²) in [4.78, 5) is 29.3. The van der Waals surface area contributed by atoms with Gasteiger partial charge in [-0.3, -0.25) is 9.59 Å². The Morgan fingerprint density at radius 1 is 1.53 bits per heavy atom. The third-order valence-electron chi connectivity index (χ3n) is 2.24. The first-order valence-electron chi connectivity index (χ1n) is 5.58. The summed E-state index contributed by atoms with van der Waals surface area (Å²) >= 11 is 0. The van der Waals surface area contributed by atoms with Crippen LogP contribution in [0.4, 0.5) is 5.82 Å². The van der Waals surface area contributed by atoms with Crippen molar-refractivity contribution in [2.75, 3.05) is 18.9 Å². The molecular weight excluding hydrogens is 220 g/mol. The molecule has 0 radical (unpaired) electrons. The molecule has 0 aliphatic carbocycles. The third-order valence-corrected chi connectivity index (χ3v) is 2.24. The highest BCUT2D eigenvalue weighted by molar-refractivity contribution is 5.75. The molecule has 0 unspecified atom stereocenters. The van der Waals surface area contributed by atoms with Crippen molar-refractivity contribution >= 4 is 11.7 Å². The maximum atomic E-state index is 11.4. The van der Waals surface area contributed by atoms with Crippen molar-refractivity contribution in [1.82, 2.24) is 15.3 Å². The summed E-state index contributed by atoms with van der Waals surface area (Å²) in [5, 5.41) is 5.48. The molecule has 6 nitrogen and oxygen atoms in total. The van der Waals surface area contributed by atoms with Crippen LogP contribution in [0.1, 0.15) is 32.0 Å². The molecule has 0 aliphatic heterocycles. The molecule has 94 valence electrons. The van der Waals surface area contributed by atoms with Crippen molar-refractivity contribution < 1.29 is 4.79 Å². The summed E-state index contributed by atoms with van der Waals surface area (Å²) in [5.41, 5.74) is -0.189. The quantitative estimate of drug-likeness (QED) is 0.694. The minimum atomic E-state index is -0.189. The summed E-state index contributed by atoms with van der Waals surface area (Å²) in [6, 6.07) is 1.38. The lowest BCUT2D eigenvalue weighted by molar-refractivity contribution is -0.120. The van der Waals surface area contributed by atoms with Crippen LogP contribution in [0.3, 0.4) is 0 Å². The van der Waals surface area contributed by atoms with Crippen LogP contribution in [0.25, 0.3) is 0 Å². The molecule has 0 saturated heterocycles. The fourth-order valence-electron chi connectivity index (χ4n) is 1.27. The lowest BCUT2D eigenvalue weighted by Crippen LogP contribution is -2.22. The van der Waals surface area contributed by atoms with Crippen LogP contribution in [0.5, 0.6) is 0 Å². The van der Waals surface area contributed by atoms with E-state index in [1.807, 2.05) is 13.8 Å². The molecular formula is C11H18N4O2. The van der Waals surface area contributed by atoms with Crippen molar-refractivity contribution in [1.29, 1.82) is 0 Å². The molecule has 0 aliphatic rings. The number of aromatic nitrogens is 2. The van der Waals surface area contributed by atoms with E-state index < -0.39 is 0 Å². The molecule has 6 heteroatoms. The number of carbonyl (C=O) groups excluding carboxylic acids is 1. The van der Waals surface area contributed by atoms with Gasteiger partial charge in [0.05, 0.1) is 0 Å². The standard InChI is InChI=1S/C11H18N4O2/c1-7(2)11-14-8(6-10(17)15-11)13-5-4-9(16)12-3/h6-7H,4-5H2,1-3H3,(H,12,16)(H2,13,14,15,17). The summed E-state index contributed by atoms with van der Waals surface area (Å²) < 4.78 is 0. The minimum absolute atomic E-state index is 0.0496. The van der Waals surface area contributed by atoms with E-state index in [-0.39, 0.29) is 17.4 Å². The number of nitrogens with zero attached hydrogens (tertiary/aromatic N) is 1. The molecule has 0 bridgehead atoms. The summed E-state index contributed by atoms with van der Waals surface area (Å²) in [6.07, 6.45) is 0.349. The van der Waals surface area contributed by atoms with Crippen LogP contribution in [0.15, 0.2) is 10.9 Å². The Hall–Kier alpha value is -1.85. The van der Waals surface area contributed by atoms with Gasteiger partial charge < -0.3 is 15.6 Å². The van der Waals surface area contributed by atoms with E-state index in [9.17, 15) is 9.59 Å². The molecule has 3 N–H and O–H groups in total. The lowest BCUT2D eigenvalue weighted by atomic mass is 10.2. The Morgan fingerprint density at radius 3 is 2.82 bits per heavy atom. The molecule has 17 heavy (non-hydrogen) atoms. The topological polar surface area (TPSA) is 86.9 Å². The highest BCUT2D eigenvalue weighted by Crippen LogP contribution is 2.08. The number of rotatable bonds is 5. The Kier molecular flexibility index (Phi) is 4.68. The third kappa shape index (κ3) is 4.26. The lowest BCUT2D eigenvalue weighted by Gasteiger charge is -2.08. The Bertz CT molecular complexity index is 439. The van der Waals surface area contributed by atoms with E-state index in [1.165, 1.54) is 6.07 Å². The zero-order valence-corrected chi connectivity index (χ0v) is 10.3. The van der Waals surface area contributed by atoms with Crippen molar-refractivity contribution in [2.24, 2.45) is 0 Å². The van der Waals surface area contributed by atoms with Crippen LogP contribution < -0.4 is 16.2 Å². The van der Waals surface area contributed by atoms with Crippen LogP contribution in [-0.2, 0) is 4.79 Å². The molecule has 0 fully saturated rings. The zero-order chi connectivity index (χ0) is 12.8. The van der Waals surface area contributed by atoms with Gasteiger partial charge in [0.25, 0.3) is 5.56 Å². The van der Waals surface area contributed by atoms with Gasteiger partial charge in [-0.05, 0) is 0 Å². The number of hydrogen-bond donors (Lipinski definition) is 3. The van der Waals surface area contributed by atoms with Crippen molar-refractivity contribution in [3.05, 3.63) is 22.2 Å². The summed E-state index contributed by atoms with van der Waals surface area (Å²) in [7, 11) is 1.59. The number of carbonyl (C=O) groups is 1. The van der Waals surface area contributed by atoms with Gasteiger partial charge in [-0.2, -0.15) is 0 Å². The second kappa shape index (κ2) is 6.03. The normalized spacial score (nSPS) is 10.4. The van der Waals surface area contributed by atoms with Gasteiger partial charge in [-0.25, -0.2) is 4.98 Å². The summed E-state index contributed by atoms with van der Waals surface area (Å²) in [5.74, 6) is 1.25. The van der Waals surface area contributed by atoms with E-state index >= 15 is 0 Å². The van der Waals surface area contributed by atoms with Gasteiger partial charge in [0.2, 0.25) is 5.91 Å². The van der Waals surface area contributed by atoms with Crippen LogP contribution in [0.2, 0.25) is 0 Å². The van der Waals surface area contributed by atoms with Gasteiger partial charge in [-0.1, -0.05) is 13.8 Å². The van der Waals surface area contributed by atoms with E-state index in [1.54, 1.807) is 7.05 Å². The zero-order valence-electron chi connectivity index (χ0n) is 10.3. The molecule has 0 aromatic carbocycles. The van der Waals surface area contributed by atoms with Crippen molar-refractivity contribution in [3.63, 3.8) is 0 Å². The maximum absolute atomic E-state index is 11.4. The van der Waals surface area contributed by atoms with Gasteiger partial charge in [0.15, 0.2) is 0 Å². The predicted molar refractivity (Wildman–Crippen MR) is 66.1 cm³/mol. The molecule has 0 saturated carbocycles. The van der Waals surface area contributed by atoms with Gasteiger partial charge in [-0.15, -0.1) is 0 Å². The number of amides is 1. The van der Waals surface area contributed by atoms with E-state index in [0.717, 1.165) is 0 Å². The van der Waals surface area contributed by atoms with E-state index in [2.05, 4.69) is 20.6 Å². The number of nitrogens with one attached hydrogen (secondary N) is 3. The largest absolute Gasteiger partial charge is 0.369 e. The number of H-pyrrole nitrogens is 1. The smallest absolute Gasteiger partial charge is 0.252 e. The second-order valence-corrected chi connectivity index (χ2v) is 4.02. The van der Waals surface area contributed by atoms with Crippen molar-refractivity contribution in [3.8, 4) is 0 Å². The molecule has 1 aromatic rings. The van der Waals surface area contributed by atoms with Crippen molar-refractivity contribution in [2.45, 2.75) is 26.2 Å². The van der Waals surface area contributed by atoms with Crippen LogP contribution in [-0.4, -0.2) is 29.5 Å². The number of aromatic amines is 1. The first-order valence-corrected chi connectivity index (χ1v) is 5.58. The molecule has 1 heterocycles. The average molecular weight is 238 g/mol. The monoisotopic (exact) mass is 238 g/mol. The molecule has 1 rings (SSSR count). The highest BCUT2D eigenvalue weighted by atomic mass is 16.1. The SMILES string of the molecule is CNC(=O)CCNc1cc(=O)[nH]c(C(C)C)n1. The number of hydrogen-bond acceptors (Lipinski definition) is 4. The Morgan fingerprint density at radius 2 is 2.24 bits per heavy atom. The fourth-order valence-corrected chi connectivity index (χ4v) is 1.27. The van der Waals surface area contributed by atoms with E-state index in [4.69, 9.17) is 0 Å². The predicted octanol–water partition coefficient (Wildman–Crippen LogP) is 0.441. The highest BCUT2D eigenvalue weighted by Gasteiger charge is 2.05. The fraction of sp³-hybridized carbons (Fsp3) is 0.545.